The fourth-order valence-corrected chi connectivity index (χ4v) is 4.38. The van der Waals surface area contributed by atoms with Gasteiger partial charge in [-0.3, -0.25) is 4.90 Å². The molecule has 4 rings (SSSR count). The topological polar surface area (TPSA) is 72.9 Å². The minimum absolute atomic E-state index is 0.629. The third-order valence-electron chi connectivity index (χ3n) is 5.10. The Labute approximate surface area is 175 Å². The maximum Gasteiger partial charge on any atom is 0.226 e. The van der Waals surface area contributed by atoms with Crippen molar-refractivity contribution in [1.82, 2.24) is 29.8 Å². The van der Waals surface area contributed by atoms with Crippen LogP contribution < -0.4 is 0 Å². The summed E-state index contributed by atoms with van der Waals surface area (Å²) in [6.45, 7) is 6.01. The maximum absolute atomic E-state index is 5.30. The lowest BCUT2D eigenvalue weighted by atomic mass is 10.1. The van der Waals surface area contributed by atoms with Gasteiger partial charge < -0.3 is 9.09 Å². The van der Waals surface area contributed by atoms with Crippen molar-refractivity contribution in [3.8, 4) is 0 Å². The molecule has 3 aromatic rings. The highest BCUT2D eigenvalue weighted by atomic mass is 32.2. The fraction of sp³-hybridized carbons (Fsp3) is 0.524. The molecule has 1 aliphatic rings. The second-order valence-electron chi connectivity index (χ2n) is 7.45. The van der Waals surface area contributed by atoms with Crippen LogP contribution in [0.3, 0.4) is 0 Å². The van der Waals surface area contributed by atoms with E-state index in [1.807, 2.05) is 6.07 Å². The van der Waals surface area contributed by atoms with E-state index in [1.165, 1.54) is 24.8 Å². The summed E-state index contributed by atoms with van der Waals surface area (Å²) in [5.74, 6) is 3.08. The lowest BCUT2D eigenvalue weighted by molar-refractivity contribution is 0.213. The lowest BCUT2D eigenvalue weighted by Crippen LogP contribution is -2.30. The summed E-state index contributed by atoms with van der Waals surface area (Å²) in [5, 5.41) is 14.0. The Balaban J connectivity index is 1.50. The molecule has 154 valence electrons. The van der Waals surface area contributed by atoms with Gasteiger partial charge in [0.25, 0.3) is 0 Å². The van der Waals surface area contributed by atoms with Gasteiger partial charge in [0.2, 0.25) is 5.89 Å². The molecule has 1 saturated heterocycles. The molecule has 2 aromatic heterocycles. The average molecular weight is 413 g/mol. The van der Waals surface area contributed by atoms with E-state index in [1.54, 1.807) is 11.8 Å². The number of aryl methyl sites for hydroxylation is 1. The standard InChI is InChI=1S/C21H28N6OS/c1-2-9-20-22-18(25-28-20)16-29-21-24-23-19(15-26-12-7-4-8-13-26)27(21)14-17-10-5-3-6-11-17/h3,5-6,10-11H,2,4,7-9,12-16H2,1H3. The zero-order chi connectivity index (χ0) is 19.9. The van der Waals surface area contributed by atoms with Crippen molar-refractivity contribution in [1.29, 1.82) is 0 Å². The number of aromatic nitrogens is 5. The number of rotatable bonds is 9. The molecular weight excluding hydrogens is 384 g/mol. The fourth-order valence-electron chi connectivity index (χ4n) is 3.58. The van der Waals surface area contributed by atoms with E-state index in [0.29, 0.717) is 17.5 Å². The van der Waals surface area contributed by atoms with Crippen molar-refractivity contribution in [3.63, 3.8) is 0 Å². The summed E-state index contributed by atoms with van der Waals surface area (Å²) >= 11 is 1.62. The highest BCUT2D eigenvalue weighted by Gasteiger charge is 2.18. The van der Waals surface area contributed by atoms with Crippen LogP contribution in [0.4, 0.5) is 0 Å². The van der Waals surface area contributed by atoms with E-state index in [4.69, 9.17) is 4.52 Å². The summed E-state index contributed by atoms with van der Waals surface area (Å²) < 4.78 is 7.54. The zero-order valence-corrected chi connectivity index (χ0v) is 17.8. The van der Waals surface area contributed by atoms with Gasteiger partial charge in [0.1, 0.15) is 5.82 Å². The molecular formula is C21H28N6OS. The van der Waals surface area contributed by atoms with Gasteiger partial charge in [-0.2, -0.15) is 4.98 Å². The summed E-state index contributed by atoms with van der Waals surface area (Å²) in [6.07, 6.45) is 5.69. The van der Waals surface area contributed by atoms with Crippen LogP contribution in [0.2, 0.25) is 0 Å². The molecule has 1 aromatic carbocycles. The second-order valence-corrected chi connectivity index (χ2v) is 8.39. The highest BCUT2D eigenvalue weighted by Crippen LogP contribution is 2.23. The Morgan fingerprint density at radius 3 is 2.66 bits per heavy atom. The number of piperidine rings is 1. The summed E-state index contributed by atoms with van der Waals surface area (Å²) in [4.78, 5) is 6.95. The highest BCUT2D eigenvalue weighted by molar-refractivity contribution is 7.98. The van der Waals surface area contributed by atoms with Gasteiger partial charge in [-0.25, -0.2) is 0 Å². The molecule has 1 fully saturated rings. The minimum Gasteiger partial charge on any atom is -0.339 e. The first-order chi connectivity index (χ1) is 14.3. The number of likely N-dealkylation sites (tertiary alicyclic amines) is 1. The number of hydrogen-bond donors (Lipinski definition) is 0. The first kappa shape index (κ1) is 20.1. The third kappa shape index (κ3) is 5.45. The predicted molar refractivity (Wildman–Crippen MR) is 113 cm³/mol. The first-order valence-corrected chi connectivity index (χ1v) is 11.4. The van der Waals surface area contributed by atoms with Crippen molar-refractivity contribution >= 4 is 11.8 Å². The largest absolute Gasteiger partial charge is 0.339 e. The van der Waals surface area contributed by atoms with Crippen molar-refractivity contribution in [3.05, 3.63) is 53.4 Å². The molecule has 7 nitrogen and oxygen atoms in total. The smallest absolute Gasteiger partial charge is 0.226 e. The normalized spacial score (nSPS) is 15.1. The van der Waals surface area contributed by atoms with Crippen LogP contribution in [0.5, 0.6) is 0 Å². The molecule has 0 radical (unpaired) electrons. The molecule has 0 atom stereocenters. The molecule has 29 heavy (non-hydrogen) atoms. The van der Waals surface area contributed by atoms with Crippen LogP contribution in [-0.4, -0.2) is 42.9 Å². The molecule has 1 aliphatic heterocycles. The minimum atomic E-state index is 0.629. The molecule has 0 aliphatic carbocycles. The van der Waals surface area contributed by atoms with Gasteiger partial charge in [0, 0.05) is 6.42 Å². The van der Waals surface area contributed by atoms with Crippen molar-refractivity contribution < 1.29 is 4.52 Å². The Bertz CT molecular complexity index is 888. The molecule has 0 unspecified atom stereocenters. The quantitative estimate of drug-likeness (QED) is 0.493. The summed E-state index contributed by atoms with van der Waals surface area (Å²) in [7, 11) is 0. The molecule has 0 N–H and O–H groups in total. The van der Waals surface area contributed by atoms with Gasteiger partial charge in [-0.1, -0.05) is 60.6 Å². The average Bonchev–Trinajstić information content (AvgIpc) is 3.36. The van der Waals surface area contributed by atoms with Gasteiger partial charge >= 0.3 is 0 Å². The molecule has 0 amide bonds. The SMILES string of the molecule is CCCc1nc(CSc2nnc(CN3CCCCC3)n2Cc2ccccc2)no1. The Kier molecular flexibility index (Phi) is 6.95. The third-order valence-corrected chi connectivity index (χ3v) is 6.06. The van der Waals surface area contributed by atoms with E-state index in [-0.39, 0.29) is 0 Å². The maximum atomic E-state index is 5.30. The molecule has 8 heteroatoms. The Morgan fingerprint density at radius 2 is 1.86 bits per heavy atom. The first-order valence-electron chi connectivity index (χ1n) is 10.4. The van der Waals surface area contributed by atoms with Crippen LogP contribution in [0.1, 0.15) is 55.7 Å². The number of benzene rings is 1. The van der Waals surface area contributed by atoms with Crippen molar-refractivity contribution in [2.75, 3.05) is 13.1 Å². The van der Waals surface area contributed by atoms with E-state index in [2.05, 4.69) is 61.0 Å². The van der Waals surface area contributed by atoms with Crippen LogP contribution in [0.15, 0.2) is 40.0 Å². The van der Waals surface area contributed by atoms with Gasteiger partial charge in [0.15, 0.2) is 11.0 Å². The number of hydrogen-bond acceptors (Lipinski definition) is 7. The van der Waals surface area contributed by atoms with E-state index in [0.717, 1.165) is 50.0 Å². The predicted octanol–water partition coefficient (Wildman–Crippen LogP) is 3.94. The Hall–Kier alpha value is -2.19. The molecule has 0 spiro atoms. The Morgan fingerprint density at radius 1 is 1.03 bits per heavy atom. The molecule has 3 heterocycles. The monoisotopic (exact) mass is 412 g/mol. The number of nitrogens with zero attached hydrogens (tertiary/aromatic N) is 6. The van der Waals surface area contributed by atoms with E-state index in [9.17, 15) is 0 Å². The van der Waals surface area contributed by atoms with E-state index < -0.39 is 0 Å². The van der Waals surface area contributed by atoms with Crippen LogP contribution in [0, 0.1) is 0 Å². The summed E-state index contributed by atoms with van der Waals surface area (Å²) in [6, 6.07) is 10.5. The van der Waals surface area contributed by atoms with Crippen molar-refractivity contribution in [2.45, 2.75) is 63.0 Å². The second kappa shape index (κ2) is 10.0. The van der Waals surface area contributed by atoms with E-state index >= 15 is 0 Å². The van der Waals surface area contributed by atoms with Crippen LogP contribution in [0.25, 0.3) is 0 Å². The molecule has 0 saturated carbocycles. The lowest BCUT2D eigenvalue weighted by Gasteiger charge is -2.26. The van der Waals surface area contributed by atoms with Gasteiger partial charge in [-0.15, -0.1) is 10.2 Å². The number of thioether (sulfide) groups is 1. The zero-order valence-electron chi connectivity index (χ0n) is 17.0. The molecule has 0 bridgehead atoms. The van der Waals surface area contributed by atoms with Crippen LogP contribution in [-0.2, 0) is 25.3 Å². The van der Waals surface area contributed by atoms with Crippen molar-refractivity contribution in [2.24, 2.45) is 0 Å². The van der Waals surface area contributed by atoms with Gasteiger partial charge in [0.05, 0.1) is 18.8 Å². The van der Waals surface area contributed by atoms with Crippen LogP contribution >= 0.6 is 11.8 Å². The summed E-state index contributed by atoms with van der Waals surface area (Å²) in [5.41, 5.74) is 1.25. The van der Waals surface area contributed by atoms with Gasteiger partial charge in [-0.05, 0) is 37.9 Å².